The van der Waals surface area contributed by atoms with Gasteiger partial charge in [-0.05, 0) is 42.2 Å². The number of ether oxygens (including phenoxy) is 1. The van der Waals surface area contributed by atoms with Crippen LogP contribution in [0.1, 0.15) is 42.3 Å². The van der Waals surface area contributed by atoms with Gasteiger partial charge in [0.2, 0.25) is 0 Å². The van der Waals surface area contributed by atoms with Gasteiger partial charge in [0.05, 0.1) is 5.56 Å². The second-order valence-electron chi connectivity index (χ2n) is 6.18. The van der Waals surface area contributed by atoms with E-state index in [1.165, 1.54) is 6.07 Å². The van der Waals surface area contributed by atoms with Gasteiger partial charge >= 0.3 is 5.97 Å². The molecule has 0 fully saturated rings. The van der Waals surface area contributed by atoms with Crippen molar-refractivity contribution in [2.24, 2.45) is 0 Å². The summed E-state index contributed by atoms with van der Waals surface area (Å²) in [7, 11) is 0. The van der Waals surface area contributed by atoms with Crippen molar-refractivity contribution in [3.05, 3.63) is 59.2 Å². The largest absolute Gasteiger partial charge is 0.478 e. The van der Waals surface area contributed by atoms with Gasteiger partial charge in [-0.25, -0.2) is 4.79 Å². The molecule has 0 amide bonds. The monoisotopic (exact) mass is 284 g/mol. The molecule has 0 heterocycles. The lowest BCUT2D eigenvalue weighted by Gasteiger charge is -2.23. The van der Waals surface area contributed by atoms with E-state index in [2.05, 4.69) is 32.9 Å². The van der Waals surface area contributed by atoms with Crippen molar-refractivity contribution >= 4 is 5.97 Å². The third-order valence-electron chi connectivity index (χ3n) is 3.25. The van der Waals surface area contributed by atoms with Crippen LogP contribution in [-0.2, 0) is 5.41 Å². The summed E-state index contributed by atoms with van der Waals surface area (Å²) >= 11 is 0. The molecule has 2 aromatic carbocycles. The Bertz CT molecular complexity index is 666. The van der Waals surface area contributed by atoms with E-state index in [1.807, 2.05) is 13.0 Å². The van der Waals surface area contributed by atoms with Gasteiger partial charge < -0.3 is 9.84 Å². The zero-order chi connectivity index (χ0) is 15.6. The molecular weight excluding hydrogens is 264 g/mol. The van der Waals surface area contributed by atoms with E-state index in [0.717, 1.165) is 16.9 Å². The Kier molecular flexibility index (Phi) is 4.03. The van der Waals surface area contributed by atoms with Crippen LogP contribution >= 0.6 is 0 Å². The standard InChI is InChI=1S/C18H20O3/c1-12-8-9-15(18(2,3)4)16(10-12)21-14-7-5-6-13(11-14)17(19)20/h5-11H,1-4H3,(H,19,20). The molecule has 110 valence electrons. The van der Waals surface area contributed by atoms with E-state index in [0.29, 0.717) is 5.75 Å². The van der Waals surface area contributed by atoms with Crippen molar-refractivity contribution in [3.63, 3.8) is 0 Å². The van der Waals surface area contributed by atoms with E-state index < -0.39 is 5.97 Å². The first kappa shape index (κ1) is 15.1. The van der Waals surface area contributed by atoms with Gasteiger partial charge in [0.15, 0.2) is 0 Å². The quantitative estimate of drug-likeness (QED) is 0.882. The topological polar surface area (TPSA) is 46.5 Å². The molecule has 0 aliphatic carbocycles. The molecule has 3 heteroatoms. The lowest BCUT2D eigenvalue weighted by molar-refractivity contribution is 0.0696. The minimum absolute atomic E-state index is 0.0482. The van der Waals surface area contributed by atoms with Crippen molar-refractivity contribution in [2.75, 3.05) is 0 Å². The van der Waals surface area contributed by atoms with Crippen LogP contribution in [0.2, 0.25) is 0 Å². The summed E-state index contributed by atoms with van der Waals surface area (Å²) in [6.07, 6.45) is 0. The van der Waals surface area contributed by atoms with Crippen LogP contribution in [-0.4, -0.2) is 11.1 Å². The Labute approximate surface area is 125 Å². The molecule has 0 atom stereocenters. The highest BCUT2D eigenvalue weighted by Gasteiger charge is 2.19. The normalized spacial score (nSPS) is 11.2. The predicted molar refractivity (Wildman–Crippen MR) is 83.4 cm³/mol. The SMILES string of the molecule is Cc1ccc(C(C)(C)C)c(Oc2cccc(C(=O)O)c2)c1. The molecule has 0 bridgehead atoms. The molecule has 0 radical (unpaired) electrons. The Morgan fingerprint density at radius 1 is 1.10 bits per heavy atom. The minimum Gasteiger partial charge on any atom is -0.478 e. The maximum Gasteiger partial charge on any atom is 0.335 e. The molecule has 0 saturated heterocycles. The molecule has 0 unspecified atom stereocenters. The average Bonchev–Trinajstić information content (AvgIpc) is 2.37. The Hall–Kier alpha value is -2.29. The summed E-state index contributed by atoms with van der Waals surface area (Å²) in [4.78, 5) is 11.0. The van der Waals surface area contributed by atoms with Gasteiger partial charge in [0.25, 0.3) is 0 Å². The second-order valence-corrected chi connectivity index (χ2v) is 6.18. The van der Waals surface area contributed by atoms with Crippen LogP contribution in [0, 0.1) is 6.92 Å². The zero-order valence-electron chi connectivity index (χ0n) is 12.8. The predicted octanol–water partition coefficient (Wildman–Crippen LogP) is 4.78. The second kappa shape index (κ2) is 5.60. The highest BCUT2D eigenvalue weighted by Crippen LogP contribution is 2.35. The molecule has 3 nitrogen and oxygen atoms in total. The molecule has 0 spiro atoms. The number of aryl methyl sites for hydroxylation is 1. The first-order valence-corrected chi connectivity index (χ1v) is 6.90. The van der Waals surface area contributed by atoms with E-state index in [9.17, 15) is 4.79 Å². The number of hydrogen-bond acceptors (Lipinski definition) is 2. The third kappa shape index (κ3) is 3.63. The third-order valence-corrected chi connectivity index (χ3v) is 3.25. The van der Waals surface area contributed by atoms with Crippen LogP contribution in [0.3, 0.4) is 0 Å². The summed E-state index contributed by atoms with van der Waals surface area (Å²) in [6, 6.07) is 12.6. The molecule has 0 aliphatic rings. The molecule has 1 N–H and O–H groups in total. The summed E-state index contributed by atoms with van der Waals surface area (Å²) in [5.74, 6) is 0.344. The number of carboxylic acid groups (broad SMARTS) is 1. The van der Waals surface area contributed by atoms with E-state index in [4.69, 9.17) is 9.84 Å². The Balaban J connectivity index is 2.41. The number of carbonyl (C=O) groups is 1. The minimum atomic E-state index is -0.958. The smallest absolute Gasteiger partial charge is 0.335 e. The number of carboxylic acids is 1. The van der Waals surface area contributed by atoms with Crippen molar-refractivity contribution in [1.29, 1.82) is 0 Å². The van der Waals surface area contributed by atoms with Gasteiger partial charge in [-0.1, -0.05) is 39.0 Å². The van der Waals surface area contributed by atoms with Crippen LogP contribution < -0.4 is 4.74 Å². The molecule has 21 heavy (non-hydrogen) atoms. The lowest BCUT2D eigenvalue weighted by atomic mass is 9.86. The number of aromatic carboxylic acids is 1. The fourth-order valence-electron chi connectivity index (χ4n) is 2.15. The fraction of sp³-hybridized carbons (Fsp3) is 0.278. The number of rotatable bonds is 3. The van der Waals surface area contributed by atoms with Crippen LogP contribution in [0.4, 0.5) is 0 Å². The molecular formula is C18H20O3. The van der Waals surface area contributed by atoms with Gasteiger partial charge in [-0.3, -0.25) is 0 Å². The lowest BCUT2D eigenvalue weighted by Crippen LogP contribution is -2.12. The first-order chi connectivity index (χ1) is 9.77. The molecule has 2 rings (SSSR count). The van der Waals surface area contributed by atoms with Crippen LogP contribution in [0.5, 0.6) is 11.5 Å². The summed E-state index contributed by atoms with van der Waals surface area (Å²) < 4.78 is 5.94. The maximum absolute atomic E-state index is 11.0. The van der Waals surface area contributed by atoms with Crippen molar-refractivity contribution in [1.82, 2.24) is 0 Å². The highest BCUT2D eigenvalue weighted by molar-refractivity contribution is 5.88. The van der Waals surface area contributed by atoms with Crippen LogP contribution in [0.25, 0.3) is 0 Å². The highest BCUT2D eigenvalue weighted by atomic mass is 16.5. The van der Waals surface area contributed by atoms with Gasteiger partial charge in [0.1, 0.15) is 11.5 Å². The number of benzene rings is 2. The average molecular weight is 284 g/mol. The molecule has 2 aromatic rings. The zero-order valence-corrected chi connectivity index (χ0v) is 12.8. The molecule has 0 aromatic heterocycles. The Morgan fingerprint density at radius 3 is 2.43 bits per heavy atom. The fourth-order valence-corrected chi connectivity index (χ4v) is 2.15. The number of hydrogen-bond donors (Lipinski definition) is 1. The maximum atomic E-state index is 11.0. The van der Waals surface area contributed by atoms with Crippen molar-refractivity contribution in [3.8, 4) is 11.5 Å². The molecule has 0 saturated carbocycles. The summed E-state index contributed by atoms with van der Waals surface area (Å²) in [6.45, 7) is 8.38. The molecule has 0 aliphatic heterocycles. The van der Waals surface area contributed by atoms with Crippen molar-refractivity contribution < 1.29 is 14.6 Å². The summed E-state index contributed by atoms with van der Waals surface area (Å²) in [5, 5.41) is 9.05. The van der Waals surface area contributed by atoms with Crippen LogP contribution in [0.15, 0.2) is 42.5 Å². The summed E-state index contributed by atoms with van der Waals surface area (Å²) in [5.41, 5.74) is 2.37. The van der Waals surface area contributed by atoms with Gasteiger partial charge in [0, 0.05) is 5.56 Å². The van der Waals surface area contributed by atoms with Crippen molar-refractivity contribution in [2.45, 2.75) is 33.1 Å². The van der Waals surface area contributed by atoms with Gasteiger partial charge in [-0.2, -0.15) is 0 Å². The van der Waals surface area contributed by atoms with Gasteiger partial charge in [-0.15, -0.1) is 0 Å². The van der Waals surface area contributed by atoms with E-state index in [1.54, 1.807) is 18.2 Å². The van der Waals surface area contributed by atoms with E-state index >= 15 is 0 Å². The Morgan fingerprint density at radius 2 is 1.81 bits per heavy atom. The van der Waals surface area contributed by atoms with E-state index in [-0.39, 0.29) is 11.0 Å². The first-order valence-electron chi connectivity index (χ1n) is 6.90.